The van der Waals surface area contributed by atoms with E-state index in [1.807, 2.05) is 12.1 Å². The summed E-state index contributed by atoms with van der Waals surface area (Å²) in [6.07, 6.45) is 2.30. The Kier molecular flexibility index (Phi) is 5.48. The van der Waals surface area contributed by atoms with E-state index in [1.165, 1.54) is 6.08 Å². The first-order valence-corrected chi connectivity index (χ1v) is 7.28. The Bertz CT molecular complexity index is 654. The molecule has 1 aliphatic heterocycles. The van der Waals surface area contributed by atoms with E-state index >= 15 is 0 Å². The minimum Gasteiger partial charge on any atom is -0.481 e. The molecule has 0 fully saturated rings. The molecular weight excluding hydrogens is 300 g/mol. The van der Waals surface area contributed by atoms with Crippen molar-refractivity contribution in [1.82, 2.24) is 4.90 Å². The van der Waals surface area contributed by atoms with Crippen molar-refractivity contribution < 1.29 is 24.6 Å². The molecule has 1 heterocycles. The molecule has 0 saturated carbocycles. The van der Waals surface area contributed by atoms with Gasteiger partial charge in [-0.25, -0.2) is 0 Å². The van der Waals surface area contributed by atoms with Crippen molar-refractivity contribution >= 4 is 23.5 Å². The predicted octanol–water partition coefficient (Wildman–Crippen LogP) is 0.751. The van der Waals surface area contributed by atoms with Crippen LogP contribution in [0.1, 0.15) is 18.4 Å². The Morgan fingerprint density at radius 1 is 1.22 bits per heavy atom. The molecular formula is C16H18N2O5. The Morgan fingerprint density at radius 2 is 1.96 bits per heavy atom. The summed E-state index contributed by atoms with van der Waals surface area (Å²) < 4.78 is 0. The number of para-hydroxylation sites is 1. The van der Waals surface area contributed by atoms with Gasteiger partial charge < -0.3 is 15.5 Å². The molecule has 0 radical (unpaired) electrons. The van der Waals surface area contributed by atoms with Gasteiger partial charge in [-0.1, -0.05) is 18.2 Å². The van der Waals surface area contributed by atoms with E-state index in [2.05, 4.69) is 5.32 Å². The fourth-order valence-corrected chi connectivity index (χ4v) is 2.35. The van der Waals surface area contributed by atoms with Crippen molar-refractivity contribution in [1.29, 1.82) is 0 Å². The van der Waals surface area contributed by atoms with E-state index in [4.69, 9.17) is 10.2 Å². The topological polar surface area (TPSA) is 107 Å². The minimum atomic E-state index is -0.852. The van der Waals surface area contributed by atoms with Crippen LogP contribution < -0.4 is 5.32 Å². The third kappa shape index (κ3) is 4.17. The second kappa shape index (κ2) is 7.55. The van der Waals surface area contributed by atoms with Gasteiger partial charge in [0.1, 0.15) is 5.70 Å². The number of carboxylic acid groups (broad SMARTS) is 1. The smallest absolute Gasteiger partial charge is 0.303 e. The zero-order valence-electron chi connectivity index (χ0n) is 12.5. The van der Waals surface area contributed by atoms with Crippen LogP contribution in [0.15, 0.2) is 36.0 Å². The molecule has 0 aliphatic carbocycles. The molecule has 7 heteroatoms. The highest BCUT2D eigenvalue weighted by Crippen LogP contribution is 2.22. The number of benzene rings is 1. The van der Waals surface area contributed by atoms with Gasteiger partial charge in [0.05, 0.1) is 13.2 Å². The lowest BCUT2D eigenvalue weighted by molar-refractivity contribution is -0.138. The predicted molar refractivity (Wildman–Crippen MR) is 82.5 cm³/mol. The molecule has 2 amide bonds. The second-order valence-corrected chi connectivity index (χ2v) is 5.11. The number of hydrogen-bond acceptors (Lipinski definition) is 5. The quantitative estimate of drug-likeness (QED) is 0.611. The van der Waals surface area contributed by atoms with Crippen LogP contribution >= 0.6 is 0 Å². The summed E-state index contributed by atoms with van der Waals surface area (Å²) >= 11 is 0. The fraction of sp³-hybridized carbons (Fsp3) is 0.312. The number of aryl methyl sites for hydroxylation is 1. The zero-order valence-corrected chi connectivity index (χ0v) is 12.5. The van der Waals surface area contributed by atoms with Gasteiger partial charge in [-0.15, -0.1) is 0 Å². The molecule has 3 N–H and O–H groups in total. The van der Waals surface area contributed by atoms with E-state index in [1.54, 1.807) is 12.1 Å². The van der Waals surface area contributed by atoms with Crippen molar-refractivity contribution in [2.24, 2.45) is 0 Å². The van der Waals surface area contributed by atoms with E-state index in [-0.39, 0.29) is 25.3 Å². The number of carbonyl (C=O) groups is 3. The molecule has 0 saturated heterocycles. The Morgan fingerprint density at radius 3 is 2.65 bits per heavy atom. The number of amides is 2. The third-order valence-corrected chi connectivity index (χ3v) is 3.46. The van der Waals surface area contributed by atoms with Crippen molar-refractivity contribution in [2.75, 3.05) is 18.5 Å². The van der Waals surface area contributed by atoms with Crippen LogP contribution in [-0.2, 0) is 20.8 Å². The number of aliphatic carboxylic acids is 1. The molecule has 0 unspecified atom stereocenters. The van der Waals surface area contributed by atoms with Gasteiger partial charge in [-0.2, -0.15) is 0 Å². The number of rotatable bonds is 8. The number of aliphatic hydroxyl groups is 1. The largest absolute Gasteiger partial charge is 0.481 e. The van der Waals surface area contributed by atoms with Crippen molar-refractivity contribution in [3.8, 4) is 0 Å². The highest BCUT2D eigenvalue weighted by atomic mass is 16.4. The average molecular weight is 318 g/mol. The highest BCUT2D eigenvalue weighted by Gasteiger charge is 2.30. The molecule has 122 valence electrons. The van der Waals surface area contributed by atoms with Crippen LogP contribution in [0.3, 0.4) is 0 Å². The van der Waals surface area contributed by atoms with Crippen molar-refractivity contribution in [3.05, 3.63) is 41.6 Å². The van der Waals surface area contributed by atoms with Gasteiger partial charge >= 0.3 is 5.97 Å². The van der Waals surface area contributed by atoms with Crippen molar-refractivity contribution in [2.45, 2.75) is 19.3 Å². The van der Waals surface area contributed by atoms with Gasteiger partial charge in [0.15, 0.2) is 0 Å². The minimum absolute atomic E-state index is 0.0421. The van der Waals surface area contributed by atoms with E-state index < -0.39 is 17.8 Å². The summed E-state index contributed by atoms with van der Waals surface area (Å²) in [4.78, 5) is 35.4. The molecule has 23 heavy (non-hydrogen) atoms. The molecule has 0 atom stereocenters. The lowest BCUT2D eigenvalue weighted by atomic mass is 10.1. The maximum atomic E-state index is 12.1. The number of aliphatic hydroxyl groups excluding tert-OH is 1. The normalized spacial score (nSPS) is 14.1. The van der Waals surface area contributed by atoms with Crippen LogP contribution in [0.2, 0.25) is 0 Å². The number of nitrogens with one attached hydrogen (secondary N) is 1. The first kappa shape index (κ1) is 16.7. The van der Waals surface area contributed by atoms with Gasteiger partial charge in [0.25, 0.3) is 11.8 Å². The van der Waals surface area contributed by atoms with Crippen molar-refractivity contribution in [3.63, 3.8) is 0 Å². The number of carbonyl (C=O) groups excluding carboxylic acids is 2. The monoisotopic (exact) mass is 318 g/mol. The third-order valence-electron chi connectivity index (χ3n) is 3.46. The zero-order chi connectivity index (χ0) is 16.8. The Balaban J connectivity index is 2.08. The SMILES string of the molecule is O=C(O)CCCc1ccccc1NC1=CC(=O)N(CCO)C1=O. The number of β-amino-alcohol motifs (C(OH)–C–C–N with tert-alkyl or cyclic N) is 1. The molecule has 0 spiro atoms. The van der Waals surface area contributed by atoms with Crippen LogP contribution in [0.4, 0.5) is 5.69 Å². The molecule has 1 aromatic carbocycles. The molecule has 0 aromatic heterocycles. The van der Waals surface area contributed by atoms with Gasteiger partial charge in [0.2, 0.25) is 0 Å². The Labute approximate surface area is 133 Å². The summed E-state index contributed by atoms with van der Waals surface area (Å²) in [6.45, 7) is -0.329. The first-order chi connectivity index (χ1) is 11.0. The molecule has 1 aliphatic rings. The number of imide groups is 1. The van der Waals surface area contributed by atoms with Crippen LogP contribution in [0, 0.1) is 0 Å². The van der Waals surface area contributed by atoms with Gasteiger partial charge in [-0.05, 0) is 24.5 Å². The second-order valence-electron chi connectivity index (χ2n) is 5.11. The number of anilines is 1. The lowest BCUT2D eigenvalue weighted by Crippen LogP contribution is -2.34. The highest BCUT2D eigenvalue weighted by molar-refractivity contribution is 6.17. The van der Waals surface area contributed by atoms with Gasteiger partial charge in [-0.3, -0.25) is 19.3 Å². The number of carboxylic acids is 1. The fourth-order valence-electron chi connectivity index (χ4n) is 2.35. The van der Waals surface area contributed by atoms with Crippen LogP contribution in [0.25, 0.3) is 0 Å². The van der Waals surface area contributed by atoms with E-state index in [0.717, 1.165) is 10.5 Å². The number of hydrogen-bond donors (Lipinski definition) is 3. The average Bonchev–Trinajstić information content (AvgIpc) is 2.77. The molecule has 1 aromatic rings. The van der Waals surface area contributed by atoms with E-state index in [9.17, 15) is 14.4 Å². The molecule has 2 rings (SSSR count). The summed E-state index contributed by atoms with van der Waals surface area (Å²) in [5.74, 6) is -1.80. The molecule has 0 bridgehead atoms. The van der Waals surface area contributed by atoms with Crippen LogP contribution in [-0.4, -0.2) is 46.0 Å². The maximum absolute atomic E-state index is 12.1. The first-order valence-electron chi connectivity index (χ1n) is 7.28. The van der Waals surface area contributed by atoms with Gasteiger partial charge in [0, 0.05) is 18.2 Å². The maximum Gasteiger partial charge on any atom is 0.303 e. The summed E-state index contributed by atoms with van der Waals surface area (Å²) in [6, 6.07) is 7.23. The lowest BCUT2D eigenvalue weighted by Gasteiger charge is -2.15. The number of nitrogens with zero attached hydrogens (tertiary/aromatic N) is 1. The Hall–Kier alpha value is -2.67. The molecule has 7 nitrogen and oxygen atoms in total. The summed E-state index contributed by atoms with van der Waals surface area (Å²) in [7, 11) is 0. The summed E-state index contributed by atoms with van der Waals surface area (Å²) in [5.41, 5.74) is 1.68. The van der Waals surface area contributed by atoms with E-state index in [0.29, 0.717) is 18.5 Å². The standard InChI is InChI=1S/C16H18N2O5/c19-9-8-18-14(20)10-13(16(18)23)17-12-6-2-1-4-11(12)5-3-7-15(21)22/h1-2,4,6,10,17,19H,3,5,7-9H2,(H,21,22). The van der Waals surface area contributed by atoms with Crippen LogP contribution in [0.5, 0.6) is 0 Å². The summed E-state index contributed by atoms with van der Waals surface area (Å²) in [5, 5.41) is 20.5.